The molecule has 2 fully saturated rings. The average molecular weight is 299 g/mol. The van der Waals surface area contributed by atoms with Crippen molar-refractivity contribution in [3.63, 3.8) is 0 Å². The number of fused-ring (bicyclic) bond motifs is 1. The highest BCUT2D eigenvalue weighted by Crippen LogP contribution is 2.39. The molecule has 1 saturated carbocycles. The summed E-state index contributed by atoms with van der Waals surface area (Å²) in [5.41, 5.74) is 0.876. The monoisotopic (exact) mass is 299 g/mol. The summed E-state index contributed by atoms with van der Waals surface area (Å²) in [6, 6.07) is 4.17. The summed E-state index contributed by atoms with van der Waals surface area (Å²) in [5, 5.41) is 13.4. The molecule has 0 aromatic carbocycles. The first-order chi connectivity index (χ1) is 10.8. The third-order valence-electron chi connectivity index (χ3n) is 5.48. The molecule has 0 amide bonds. The van der Waals surface area contributed by atoms with Crippen LogP contribution in [0, 0.1) is 11.8 Å². The van der Waals surface area contributed by atoms with Crippen LogP contribution in [0.3, 0.4) is 0 Å². The minimum atomic E-state index is 0.577. The van der Waals surface area contributed by atoms with Crippen LogP contribution in [0.15, 0.2) is 12.1 Å². The summed E-state index contributed by atoms with van der Waals surface area (Å²) in [6.45, 7) is 6.91. The molecule has 2 aromatic heterocycles. The molecule has 0 radical (unpaired) electrons. The molecule has 1 unspecified atom stereocenters. The van der Waals surface area contributed by atoms with E-state index < -0.39 is 0 Å². The van der Waals surface area contributed by atoms with Gasteiger partial charge in [-0.15, -0.1) is 15.3 Å². The molecule has 118 valence electrons. The van der Waals surface area contributed by atoms with Gasteiger partial charge in [0.1, 0.15) is 5.82 Å². The van der Waals surface area contributed by atoms with Gasteiger partial charge in [-0.05, 0) is 43.2 Å². The maximum absolute atomic E-state index is 4.84. The molecule has 22 heavy (non-hydrogen) atoms. The first-order valence-electron chi connectivity index (χ1n) is 8.77. The van der Waals surface area contributed by atoms with E-state index in [1.54, 1.807) is 0 Å². The first-order valence-corrected chi connectivity index (χ1v) is 8.77. The molecule has 0 bridgehead atoms. The van der Waals surface area contributed by atoms with Crippen LogP contribution in [0.5, 0.6) is 0 Å². The van der Waals surface area contributed by atoms with Gasteiger partial charge in [0.2, 0.25) is 0 Å². The number of anilines is 1. The van der Waals surface area contributed by atoms with Crippen molar-refractivity contribution in [1.82, 2.24) is 19.8 Å². The van der Waals surface area contributed by atoms with Gasteiger partial charge in [0.25, 0.3) is 0 Å². The predicted octanol–water partition coefficient (Wildman–Crippen LogP) is 3.26. The van der Waals surface area contributed by atoms with E-state index in [0.29, 0.717) is 5.92 Å². The molecule has 5 nitrogen and oxygen atoms in total. The van der Waals surface area contributed by atoms with Crippen LogP contribution in [0.2, 0.25) is 0 Å². The van der Waals surface area contributed by atoms with Gasteiger partial charge in [0.05, 0.1) is 0 Å². The molecule has 1 aliphatic heterocycles. The maximum Gasteiger partial charge on any atom is 0.178 e. The SMILES string of the molecule is CCC(CC)C1CCN(c2ccc3nnc(C4CC4)n3n2)C1. The predicted molar refractivity (Wildman–Crippen MR) is 87.1 cm³/mol. The van der Waals surface area contributed by atoms with Gasteiger partial charge in [-0.2, -0.15) is 4.52 Å². The van der Waals surface area contributed by atoms with E-state index in [4.69, 9.17) is 5.10 Å². The highest BCUT2D eigenvalue weighted by Gasteiger charge is 2.31. The van der Waals surface area contributed by atoms with Gasteiger partial charge < -0.3 is 4.90 Å². The van der Waals surface area contributed by atoms with Crippen LogP contribution < -0.4 is 4.90 Å². The van der Waals surface area contributed by atoms with Crippen molar-refractivity contribution in [3.8, 4) is 0 Å². The number of hydrogen-bond donors (Lipinski definition) is 0. The van der Waals surface area contributed by atoms with E-state index >= 15 is 0 Å². The largest absolute Gasteiger partial charge is 0.355 e. The van der Waals surface area contributed by atoms with Crippen LogP contribution in [0.1, 0.15) is 57.7 Å². The van der Waals surface area contributed by atoms with Crippen molar-refractivity contribution in [2.24, 2.45) is 11.8 Å². The molecule has 1 aliphatic carbocycles. The second-order valence-corrected chi connectivity index (χ2v) is 6.87. The molecule has 3 heterocycles. The van der Waals surface area contributed by atoms with Gasteiger partial charge >= 0.3 is 0 Å². The zero-order valence-corrected chi connectivity index (χ0v) is 13.6. The Kier molecular flexibility index (Phi) is 3.51. The van der Waals surface area contributed by atoms with Crippen molar-refractivity contribution in [2.45, 2.75) is 51.9 Å². The summed E-state index contributed by atoms with van der Waals surface area (Å²) in [6.07, 6.45) is 6.33. The van der Waals surface area contributed by atoms with Crippen LogP contribution >= 0.6 is 0 Å². The summed E-state index contributed by atoms with van der Waals surface area (Å²) in [7, 11) is 0. The van der Waals surface area contributed by atoms with E-state index in [2.05, 4.69) is 41.1 Å². The third-order valence-corrected chi connectivity index (χ3v) is 5.48. The topological polar surface area (TPSA) is 46.3 Å². The Bertz CT molecular complexity index is 656. The van der Waals surface area contributed by atoms with Crippen LogP contribution in [-0.4, -0.2) is 32.9 Å². The van der Waals surface area contributed by atoms with Gasteiger partial charge in [-0.1, -0.05) is 26.7 Å². The minimum absolute atomic E-state index is 0.577. The lowest BCUT2D eigenvalue weighted by Gasteiger charge is -2.22. The minimum Gasteiger partial charge on any atom is -0.355 e. The van der Waals surface area contributed by atoms with E-state index in [9.17, 15) is 0 Å². The standard InChI is InChI=1S/C17H25N5/c1-3-12(4-2)14-9-10-21(11-14)16-8-7-15-18-19-17(13-5-6-13)22(15)20-16/h7-8,12-14H,3-6,9-11H2,1-2H3. The molecule has 2 aromatic rings. The molecule has 1 saturated heterocycles. The fourth-order valence-corrected chi connectivity index (χ4v) is 3.90. The molecule has 2 aliphatic rings. The first kappa shape index (κ1) is 14.0. The van der Waals surface area contributed by atoms with E-state index in [-0.39, 0.29) is 0 Å². The van der Waals surface area contributed by atoms with Gasteiger partial charge in [-0.25, -0.2) is 0 Å². The lowest BCUT2D eigenvalue weighted by molar-refractivity contribution is 0.339. The Hall–Kier alpha value is -1.65. The molecular weight excluding hydrogens is 274 g/mol. The Balaban J connectivity index is 1.57. The van der Waals surface area contributed by atoms with Crippen molar-refractivity contribution in [2.75, 3.05) is 18.0 Å². The summed E-state index contributed by atoms with van der Waals surface area (Å²) in [5.74, 6) is 4.38. The van der Waals surface area contributed by atoms with Crippen LogP contribution in [0.25, 0.3) is 5.65 Å². The lowest BCUT2D eigenvalue weighted by Crippen LogP contribution is -2.24. The second kappa shape index (κ2) is 5.52. The van der Waals surface area contributed by atoms with Crippen molar-refractivity contribution in [3.05, 3.63) is 18.0 Å². The summed E-state index contributed by atoms with van der Waals surface area (Å²) >= 11 is 0. The molecule has 4 rings (SSSR count). The Morgan fingerprint density at radius 3 is 2.68 bits per heavy atom. The maximum atomic E-state index is 4.84. The van der Waals surface area contributed by atoms with Gasteiger partial charge in [0, 0.05) is 19.0 Å². The molecule has 0 N–H and O–H groups in total. The molecule has 1 atom stereocenters. The van der Waals surface area contributed by atoms with Crippen molar-refractivity contribution < 1.29 is 0 Å². The fourth-order valence-electron chi connectivity index (χ4n) is 3.90. The highest BCUT2D eigenvalue weighted by atomic mass is 15.4. The third kappa shape index (κ3) is 2.36. The Morgan fingerprint density at radius 2 is 1.95 bits per heavy atom. The van der Waals surface area contributed by atoms with Gasteiger partial charge in [-0.3, -0.25) is 0 Å². The second-order valence-electron chi connectivity index (χ2n) is 6.87. The number of hydrogen-bond acceptors (Lipinski definition) is 4. The normalized spacial score (nSPS) is 22.1. The molecular formula is C17H25N5. The van der Waals surface area contributed by atoms with Gasteiger partial charge in [0.15, 0.2) is 11.5 Å². The van der Waals surface area contributed by atoms with Crippen LogP contribution in [0.4, 0.5) is 5.82 Å². The zero-order valence-electron chi connectivity index (χ0n) is 13.6. The van der Waals surface area contributed by atoms with Crippen LogP contribution in [-0.2, 0) is 0 Å². The Morgan fingerprint density at radius 1 is 1.14 bits per heavy atom. The summed E-state index contributed by atoms with van der Waals surface area (Å²) in [4.78, 5) is 2.44. The van der Waals surface area contributed by atoms with E-state index in [0.717, 1.165) is 42.2 Å². The molecule has 5 heteroatoms. The zero-order chi connectivity index (χ0) is 15.1. The average Bonchev–Trinajstić information content (AvgIpc) is 3.12. The number of rotatable bonds is 5. The smallest absolute Gasteiger partial charge is 0.178 e. The van der Waals surface area contributed by atoms with Crippen molar-refractivity contribution >= 4 is 11.5 Å². The van der Waals surface area contributed by atoms with E-state index in [1.165, 1.54) is 32.1 Å². The van der Waals surface area contributed by atoms with Crippen molar-refractivity contribution in [1.29, 1.82) is 0 Å². The summed E-state index contributed by atoms with van der Waals surface area (Å²) < 4.78 is 1.97. The number of nitrogens with zero attached hydrogens (tertiary/aromatic N) is 5. The lowest BCUT2D eigenvalue weighted by atomic mass is 9.87. The number of aromatic nitrogens is 4. The highest BCUT2D eigenvalue weighted by molar-refractivity contribution is 5.46. The quantitative estimate of drug-likeness (QED) is 0.850. The Labute approximate surface area is 131 Å². The molecule has 0 spiro atoms. The fraction of sp³-hybridized carbons (Fsp3) is 0.706. The van der Waals surface area contributed by atoms with E-state index in [1.807, 2.05) is 4.52 Å².